The van der Waals surface area contributed by atoms with E-state index < -0.39 is 17.6 Å². The Hall–Kier alpha value is -3.25. The molecule has 26 heavy (non-hydrogen) atoms. The van der Waals surface area contributed by atoms with Crippen molar-refractivity contribution >= 4 is 40.1 Å². The van der Waals surface area contributed by atoms with Gasteiger partial charge in [-0.1, -0.05) is 30.3 Å². The molecular formula is C20H13FN2O2S. The molecule has 0 saturated carbocycles. The van der Waals surface area contributed by atoms with Gasteiger partial charge in [0, 0.05) is 10.6 Å². The number of carbonyl (C=O) groups is 2. The van der Waals surface area contributed by atoms with Crippen LogP contribution in [-0.2, 0) is 9.59 Å². The van der Waals surface area contributed by atoms with E-state index in [1.165, 1.54) is 35.6 Å². The number of rotatable bonds is 4. The number of anilines is 2. The first kappa shape index (κ1) is 16.2. The van der Waals surface area contributed by atoms with E-state index in [2.05, 4.69) is 5.32 Å². The van der Waals surface area contributed by atoms with Gasteiger partial charge in [-0.15, -0.1) is 11.3 Å². The van der Waals surface area contributed by atoms with Crippen LogP contribution in [0.15, 0.2) is 77.8 Å². The highest BCUT2D eigenvalue weighted by molar-refractivity contribution is 7.11. The maximum absolute atomic E-state index is 13.6. The lowest BCUT2D eigenvalue weighted by Gasteiger charge is -2.15. The predicted octanol–water partition coefficient (Wildman–Crippen LogP) is 4.28. The van der Waals surface area contributed by atoms with Crippen molar-refractivity contribution in [2.24, 2.45) is 0 Å². The van der Waals surface area contributed by atoms with E-state index in [0.29, 0.717) is 10.6 Å². The normalized spacial score (nSPS) is 14.3. The maximum atomic E-state index is 13.6. The molecule has 0 unspecified atom stereocenters. The Morgan fingerprint density at radius 2 is 1.69 bits per heavy atom. The Labute approximate surface area is 153 Å². The van der Waals surface area contributed by atoms with E-state index in [0.717, 1.165) is 4.90 Å². The Bertz CT molecular complexity index is 1010. The molecule has 0 atom stereocenters. The number of amides is 2. The fourth-order valence-electron chi connectivity index (χ4n) is 2.81. The lowest BCUT2D eigenvalue weighted by atomic mass is 10.2. The van der Waals surface area contributed by atoms with Crippen LogP contribution in [0.3, 0.4) is 0 Å². The van der Waals surface area contributed by atoms with E-state index in [-0.39, 0.29) is 17.0 Å². The molecule has 0 aliphatic carbocycles. The van der Waals surface area contributed by atoms with Gasteiger partial charge in [-0.2, -0.15) is 0 Å². The number of nitrogens with one attached hydrogen (secondary N) is 1. The third-order valence-corrected chi connectivity index (χ3v) is 4.85. The molecule has 3 aromatic rings. The van der Waals surface area contributed by atoms with Gasteiger partial charge >= 0.3 is 0 Å². The van der Waals surface area contributed by atoms with Gasteiger partial charge in [0.15, 0.2) is 0 Å². The average molecular weight is 364 g/mol. The second-order valence-corrected chi connectivity index (χ2v) is 6.59. The summed E-state index contributed by atoms with van der Waals surface area (Å²) in [6.07, 6.45) is 0. The Kier molecular flexibility index (Phi) is 4.10. The zero-order valence-corrected chi connectivity index (χ0v) is 14.3. The summed E-state index contributed by atoms with van der Waals surface area (Å²) in [4.78, 5) is 27.7. The van der Waals surface area contributed by atoms with Crippen LogP contribution in [0.25, 0.3) is 5.57 Å². The molecular weight excluding hydrogens is 351 g/mol. The third-order valence-electron chi connectivity index (χ3n) is 3.96. The summed E-state index contributed by atoms with van der Waals surface area (Å²) in [6.45, 7) is 0. The van der Waals surface area contributed by atoms with Crippen molar-refractivity contribution < 1.29 is 14.0 Å². The summed E-state index contributed by atoms with van der Waals surface area (Å²) in [5.74, 6) is -1.49. The second-order valence-electron chi connectivity index (χ2n) is 5.64. The summed E-state index contributed by atoms with van der Waals surface area (Å²) < 4.78 is 13.6. The minimum Gasteiger partial charge on any atom is -0.350 e. The molecule has 1 aliphatic heterocycles. The van der Waals surface area contributed by atoms with Crippen molar-refractivity contribution in [1.29, 1.82) is 0 Å². The topological polar surface area (TPSA) is 49.4 Å². The number of halogens is 1. The molecule has 2 amide bonds. The number of benzene rings is 2. The largest absolute Gasteiger partial charge is 0.350 e. The zero-order chi connectivity index (χ0) is 18.1. The van der Waals surface area contributed by atoms with Crippen molar-refractivity contribution in [2.45, 2.75) is 0 Å². The van der Waals surface area contributed by atoms with Crippen LogP contribution in [-0.4, -0.2) is 11.8 Å². The molecule has 1 aromatic heterocycles. The fraction of sp³-hybridized carbons (Fsp3) is 0. The molecule has 2 aromatic carbocycles. The number of hydrogen-bond acceptors (Lipinski definition) is 4. The highest BCUT2D eigenvalue weighted by Crippen LogP contribution is 2.35. The Morgan fingerprint density at radius 3 is 2.38 bits per heavy atom. The molecule has 0 saturated heterocycles. The van der Waals surface area contributed by atoms with Crippen LogP contribution in [0.2, 0.25) is 0 Å². The molecule has 4 rings (SSSR count). The standard InChI is InChI=1S/C20H13FN2O2S/c21-13-6-4-9-15(12-13)23-19(24)17(16-10-5-11-26-16)18(20(23)25)22-14-7-2-1-3-8-14/h1-12,22H. The molecule has 0 spiro atoms. The summed E-state index contributed by atoms with van der Waals surface area (Å²) in [5, 5.41) is 4.89. The number of thiophene rings is 1. The van der Waals surface area contributed by atoms with Crippen molar-refractivity contribution in [1.82, 2.24) is 0 Å². The molecule has 2 heterocycles. The van der Waals surface area contributed by atoms with Crippen LogP contribution < -0.4 is 10.2 Å². The highest BCUT2D eigenvalue weighted by atomic mass is 32.1. The minimum atomic E-state index is -0.509. The van der Waals surface area contributed by atoms with Crippen molar-refractivity contribution in [3.05, 3.63) is 88.5 Å². The van der Waals surface area contributed by atoms with Gasteiger partial charge in [0.05, 0.1) is 11.3 Å². The van der Waals surface area contributed by atoms with Crippen LogP contribution in [0.4, 0.5) is 15.8 Å². The number of imide groups is 1. The minimum absolute atomic E-state index is 0.188. The summed E-state index contributed by atoms with van der Waals surface area (Å²) in [6, 6.07) is 18.2. The lowest BCUT2D eigenvalue weighted by molar-refractivity contribution is -0.120. The van der Waals surface area contributed by atoms with Gasteiger partial charge in [0.1, 0.15) is 11.5 Å². The highest BCUT2D eigenvalue weighted by Gasteiger charge is 2.40. The maximum Gasteiger partial charge on any atom is 0.282 e. The number of para-hydroxylation sites is 1. The lowest BCUT2D eigenvalue weighted by Crippen LogP contribution is -2.32. The smallest absolute Gasteiger partial charge is 0.282 e. The molecule has 0 radical (unpaired) electrons. The van der Waals surface area contributed by atoms with Gasteiger partial charge in [-0.05, 0) is 41.8 Å². The van der Waals surface area contributed by atoms with E-state index in [4.69, 9.17) is 0 Å². The van der Waals surface area contributed by atoms with E-state index in [1.807, 2.05) is 41.8 Å². The van der Waals surface area contributed by atoms with E-state index in [9.17, 15) is 14.0 Å². The fourth-order valence-corrected chi connectivity index (χ4v) is 3.58. The van der Waals surface area contributed by atoms with Crippen LogP contribution in [0.1, 0.15) is 4.88 Å². The zero-order valence-electron chi connectivity index (χ0n) is 13.5. The van der Waals surface area contributed by atoms with Crippen molar-refractivity contribution in [2.75, 3.05) is 10.2 Å². The second kappa shape index (κ2) is 6.57. The molecule has 1 aliphatic rings. The predicted molar refractivity (Wildman–Crippen MR) is 100 cm³/mol. The van der Waals surface area contributed by atoms with E-state index in [1.54, 1.807) is 6.07 Å². The van der Waals surface area contributed by atoms with Crippen molar-refractivity contribution in [3.8, 4) is 0 Å². The first-order valence-corrected chi connectivity index (χ1v) is 8.77. The van der Waals surface area contributed by atoms with Gasteiger partial charge in [-0.3, -0.25) is 9.59 Å². The SMILES string of the molecule is O=C1C(Nc2ccccc2)=C(c2cccs2)C(=O)N1c1cccc(F)c1. The summed E-state index contributed by atoms with van der Waals surface area (Å²) in [5.41, 5.74) is 1.38. The van der Waals surface area contributed by atoms with Crippen LogP contribution in [0.5, 0.6) is 0 Å². The molecule has 6 heteroatoms. The molecule has 0 bridgehead atoms. The van der Waals surface area contributed by atoms with Gasteiger partial charge in [0.25, 0.3) is 11.8 Å². The molecule has 0 fully saturated rings. The molecule has 1 N–H and O–H groups in total. The molecule has 4 nitrogen and oxygen atoms in total. The Balaban J connectivity index is 1.81. The quantitative estimate of drug-likeness (QED) is 0.703. The number of hydrogen-bond donors (Lipinski definition) is 1. The number of nitrogens with zero attached hydrogens (tertiary/aromatic N) is 1. The first-order valence-electron chi connectivity index (χ1n) is 7.90. The summed E-state index contributed by atoms with van der Waals surface area (Å²) in [7, 11) is 0. The van der Waals surface area contributed by atoms with Gasteiger partial charge in [-0.25, -0.2) is 9.29 Å². The van der Waals surface area contributed by atoms with Crippen LogP contribution >= 0.6 is 11.3 Å². The van der Waals surface area contributed by atoms with Gasteiger partial charge in [0.2, 0.25) is 0 Å². The van der Waals surface area contributed by atoms with Crippen LogP contribution in [0, 0.1) is 5.82 Å². The summed E-state index contributed by atoms with van der Waals surface area (Å²) >= 11 is 1.37. The third kappa shape index (κ3) is 2.80. The number of carbonyl (C=O) groups excluding carboxylic acids is 2. The molecule has 128 valence electrons. The monoisotopic (exact) mass is 364 g/mol. The average Bonchev–Trinajstić information content (AvgIpc) is 3.23. The van der Waals surface area contributed by atoms with Gasteiger partial charge < -0.3 is 5.32 Å². The van der Waals surface area contributed by atoms with E-state index >= 15 is 0 Å². The first-order chi connectivity index (χ1) is 12.6. The Morgan fingerprint density at radius 1 is 0.885 bits per heavy atom. The van der Waals surface area contributed by atoms with Crippen molar-refractivity contribution in [3.63, 3.8) is 0 Å².